The molecule has 1 saturated carbocycles. The van der Waals surface area contributed by atoms with E-state index in [4.69, 9.17) is 0 Å². The number of amides is 3. The number of carbonyl (C=O) groups excluding carboxylic acids is 3. The van der Waals surface area contributed by atoms with Crippen molar-refractivity contribution in [2.45, 2.75) is 82.2 Å². The molecule has 0 spiro atoms. The Kier molecular flexibility index (Phi) is 8.63. The summed E-state index contributed by atoms with van der Waals surface area (Å²) >= 11 is 1.35. The number of piperidine rings is 1. The first-order chi connectivity index (χ1) is 19.2. The number of benzene rings is 1. The van der Waals surface area contributed by atoms with Crippen molar-refractivity contribution in [1.29, 1.82) is 0 Å². The van der Waals surface area contributed by atoms with E-state index < -0.39 is 15.9 Å². The van der Waals surface area contributed by atoms with Gasteiger partial charge in [0.25, 0.3) is 11.8 Å². The molecule has 3 aliphatic rings. The second-order valence-corrected chi connectivity index (χ2v) is 14.1. The van der Waals surface area contributed by atoms with Crippen molar-refractivity contribution in [3.8, 4) is 0 Å². The Balaban J connectivity index is 1.37. The maximum absolute atomic E-state index is 13.7. The summed E-state index contributed by atoms with van der Waals surface area (Å²) in [5.41, 5.74) is 1.76. The second-order valence-electron chi connectivity index (χ2n) is 11.0. The summed E-state index contributed by atoms with van der Waals surface area (Å²) in [5, 5.41) is 3.44. The number of carbonyl (C=O) groups is 3. The molecule has 1 saturated heterocycles. The van der Waals surface area contributed by atoms with Crippen molar-refractivity contribution < 1.29 is 22.8 Å². The first kappa shape index (κ1) is 28.8. The second kappa shape index (κ2) is 12.0. The van der Waals surface area contributed by atoms with Crippen molar-refractivity contribution in [3.05, 3.63) is 45.8 Å². The van der Waals surface area contributed by atoms with Gasteiger partial charge in [-0.1, -0.05) is 19.3 Å². The quantitative estimate of drug-likeness (QED) is 0.537. The lowest BCUT2D eigenvalue weighted by Crippen LogP contribution is -2.38. The Labute approximate surface area is 240 Å². The van der Waals surface area contributed by atoms with Crippen LogP contribution in [0.1, 0.15) is 89.4 Å². The predicted molar refractivity (Wildman–Crippen MR) is 155 cm³/mol. The fourth-order valence-electron chi connectivity index (χ4n) is 6.00. The van der Waals surface area contributed by atoms with Crippen LogP contribution in [0.3, 0.4) is 0 Å². The van der Waals surface area contributed by atoms with E-state index >= 15 is 0 Å². The van der Waals surface area contributed by atoms with Crippen LogP contribution in [0.4, 0.5) is 5.00 Å². The number of fused-ring (bicyclic) bond motifs is 1. The van der Waals surface area contributed by atoms with Gasteiger partial charge < -0.3 is 15.1 Å². The maximum Gasteiger partial charge on any atom is 0.257 e. The smallest absolute Gasteiger partial charge is 0.257 e. The molecule has 11 heteroatoms. The lowest BCUT2D eigenvalue weighted by molar-refractivity contribution is -0.129. The largest absolute Gasteiger partial charge is 0.339 e. The van der Waals surface area contributed by atoms with E-state index in [1.165, 1.54) is 46.8 Å². The van der Waals surface area contributed by atoms with E-state index in [2.05, 4.69) is 5.32 Å². The Morgan fingerprint density at radius 1 is 0.925 bits per heavy atom. The highest BCUT2D eigenvalue weighted by molar-refractivity contribution is 7.89. The lowest BCUT2D eigenvalue weighted by Gasteiger charge is -2.30. The molecule has 0 radical (unpaired) electrons. The van der Waals surface area contributed by atoms with Gasteiger partial charge in [0.2, 0.25) is 15.9 Å². The van der Waals surface area contributed by atoms with Crippen LogP contribution >= 0.6 is 11.3 Å². The molecular formula is C29H38N4O5S2. The minimum absolute atomic E-state index is 0.00127. The van der Waals surface area contributed by atoms with Crippen LogP contribution in [0, 0.1) is 0 Å². The Morgan fingerprint density at radius 2 is 1.57 bits per heavy atom. The molecule has 2 fully saturated rings. The molecule has 3 amide bonds. The van der Waals surface area contributed by atoms with E-state index in [9.17, 15) is 22.8 Å². The highest BCUT2D eigenvalue weighted by Crippen LogP contribution is 2.39. The summed E-state index contributed by atoms with van der Waals surface area (Å²) in [4.78, 5) is 43.7. The van der Waals surface area contributed by atoms with Gasteiger partial charge in [0.1, 0.15) is 5.00 Å². The summed E-state index contributed by atoms with van der Waals surface area (Å²) < 4.78 is 27.9. The standard InChI is InChI=1S/C29H38N4O5S2/c1-20(34)33-18-15-24-25(19-33)39-28(26(24)29(36)32-16-7-4-8-17-32)30-27(35)21-11-13-23(14-12-21)40(37,38)31(2)22-9-5-3-6-10-22/h11-14,22H,3-10,15-19H2,1-2H3,(H,30,35). The molecule has 40 heavy (non-hydrogen) atoms. The Morgan fingerprint density at radius 3 is 2.23 bits per heavy atom. The summed E-state index contributed by atoms with van der Waals surface area (Å²) in [5.74, 6) is -0.493. The Bertz CT molecular complexity index is 1370. The minimum atomic E-state index is -3.66. The van der Waals surface area contributed by atoms with Crippen molar-refractivity contribution in [3.63, 3.8) is 0 Å². The van der Waals surface area contributed by atoms with E-state index in [1.54, 1.807) is 11.9 Å². The first-order valence-electron chi connectivity index (χ1n) is 14.3. The van der Waals surface area contributed by atoms with Gasteiger partial charge in [-0.15, -0.1) is 11.3 Å². The maximum atomic E-state index is 13.7. The number of hydrogen-bond acceptors (Lipinski definition) is 6. The van der Waals surface area contributed by atoms with Gasteiger partial charge >= 0.3 is 0 Å². The third-order valence-electron chi connectivity index (χ3n) is 8.47. The zero-order valence-electron chi connectivity index (χ0n) is 23.3. The summed E-state index contributed by atoms with van der Waals surface area (Å²) in [6.07, 6.45) is 8.53. The Hall–Kier alpha value is -2.76. The molecule has 1 aromatic carbocycles. The molecule has 3 heterocycles. The van der Waals surface area contributed by atoms with Crippen LogP contribution in [0.25, 0.3) is 0 Å². The van der Waals surface area contributed by atoms with Crippen molar-refractivity contribution >= 4 is 44.1 Å². The van der Waals surface area contributed by atoms with Crippen LogP contribution in [-0.2, 0) is 27.8 Å². The van der Waals surface area contributed by atoms with Crippen molar-refractivity contribution in [1.82, 2.24) is 14.1 Å². The van der Waals surface area contributed by atoms with Gasteiger partial charge in [-0.25, -0.2) is 8.42 Å². The zero-order chi connectivity index (χ0) is 28.4. The monoisotopic (exact) mass is 586 g/mol. The number of nitrogens with zero attached hydrogens (tertiary/aromatic N) is 3. The number of nitrogens with one attached hydrogen (secondary N) is 1. The SMILES string of the molecule is CC(=O)N1CCc2c(sc(NC(=O)c3ccc(S(=O)(=O)N(C)C4CCCCC4)cc3)c2C(=O)N2CCCCC2)C1. The molecule has 1 aromatic heterocycles. The van der Waals surface area contributed by atoms with E-state index in [0.29, 0.717) is 48.7 Å². The number of thiophene rings is 1. The van der Waals surface area contributed by atoms with Gasteiger partial charge in [0.15, 0.2) is 0 Å². The highest BCUT2D eigenvalue weighted by atomic mass is 32.2. The molecular weight excluding hydrogens is 548 g/mol. The van der Waals surface area contributed by atoms with Crippen LogP contribution in [-0.4, -0.2) is 73.0 Å². The summed E-state index contributed by atoms with van der Waals surface area (Å²) in [6.45, 7) is 3.89. The molecule has 2 aromatic rings. The fourth-order valence-corrected chi connectivity index (χ4v) is 8.67. The molecule has 216 valence electrons. The highest BCUT2D eigenvalue weighted by Gasteiger charge is 2.33. The van der Waals surface area contributed by atoms with Gasteiger partial charge in [-0.3, -0.25) is 14.4 Å². The third kappa shape index (κ3) is 5.82. The van der Waals surface area contributed by atoms with Crippen molar-refractivity contribution in [2.24, 2.45) is 0 Å². The molecule has 0 bridgehead atoms. The van der Waals surface area contributed by atoms with Gasteiger partial charge in [0.05, 0.1) is 17.0 Å². The normalized spacial score (nSPS) is 18.5. The molecule has 0 unspecified atom stereocenters. The summed E-state index contributed by atoms with van der Waals surface area (Å²) in [6, 6.07) is 6.00. The molecule has 0 atom stereocenters. The molecule has 5 rings (SSSR count). The van der Waals surface area contributed by atoms with E-state index in [0.717, 1.165) is 61.8 Å². The first-order valence-corrected chi connectivity index (χ1v) is 16.5. The van der Waals surface area contributed by atoms with E-state index in [1.807, 2.05) is 4.90 Å². The number of hydrogen-bond donors (Lipinski definition) is 1. The number of likely N-dealkylation sites (tertiary alicyclic amines) is 1. The lowest BCUT2D eigenvalue weighted by atomic mass is 9.96. The molecule has 1 aliphatic carbocycles. The topological polar surface area (TPSA) is 107 Å². The number of anilines is 1. The minimum Gasteiger partial charge on any atom is -0.339 e. The third-order valence-corrected chi connectivity index (χ3v) is 11.5. The fraction of sp³-hybridized carbons (Fsp3) is 0.552. The summed E-state index contributed by atoms with van der Waals surface area (Å²) in [7, 11) is -2.03. The zero-order valence-corrected chi connectivity index (χ0v) is 24.9. The van der Waals surface area contributed by atoms with E-state index in [-0.39, 0.29) is 22.8 Å². The van der Waals surface area contributed by atoms with Crippen molar-refractivity contribution in [2.75, 3.05) is 32.0 Å². The number of rotatable bonds is 6. The molecule has 9 nitrogen and oxygen atoms in total. The molecule has 1 N–H and O–H groups in total. The average molecular weight is 587 g/mol. The van der Waals surface area contributed by atoms with Crippen LogP contribution in [0.5, 0.6) is 0 Å². The molecule has 2 aliphatic heterocycles. The number of sulfonamides is 1. The van der Waals surface area contributed by atoms with Crippen LogP contribution in [0.15, 0.2) is 29.2 Å². The van der Waals surface area contributed by atoms with Crippen LogP contribution < -0.4 is 5.32 Å². The average Bonchev–Trinajstić information content (AvgIpc) is 3.34. The predicted octanol–water partition coefficient (Wildman–Crippen LogP) is 4.48. The van der Waals surface area contributed by atoms with Gasteiger partial charge in [-0.05, 0) is 68.4 Å². The van der Waals surface area contributed by atoms with Gasteiger partial charge in [-0.2, -0.15) is 4.31 Å². The van der Waals surface area contributed by atoms with Crippen LogP contribution in [0.2, 0.25) is 0 Å². The van der Waals surface area contributed by atoms with Gasteiger partial charge in [0, 0.05) is 50.1 Å².